The zero-order valence-electron chi connectivity index (χ0n) is 14.6. The lowest BCUT2D eigenvalue weighted by Gasteiger charge is -2.15. The number of aromatic nitrogens is 2. The van der Waals surface area contributed by atoms with Gasteiger partial charge in [-0.3, -0.25) is 9.59 Å². The Labute approximate surface area is 156 Å². The standard InChI is InChI=1S/C21H16N4O2/c1-22-15-6-2-13(3-7-15)14-4-8-16(9-5-14)25-18-10-19(26)20-17(21(18)27)11-23-12-24-20/h2-12,22,25H,1H3. The predicted octanol–water partition coefficient (Wildman–Crippen LogP) is 3.56. The van der Waals surface area contributed by atoms with E-state index in [1.807, 2.05) is 55.6 Å². The highest BCUT2D eigenvalue weighted by Gasteiger charge is 2.27. The van der Waals surface area contributed by atoms with E-state index in [0.29, 0.717) is 0 Å². The minimum absolute atomic E-state index is 0.140. The molecule has 0 saturated heterocycles. The van der Waals surface area contributed by atoms with E-state index >= 15 is 0 Å². The molecule has 0 aliphatic heterocycles. The maximum atomic E-state index is 12.5. The number of hydrogen-bond acceptors (Lipinski definition) is 6. The Bertz CT molecular complexity index is 1050. The van der Waals surface area contributed by atoms with Crippen LogP contribution in [0.3, 0.4) is 0 Å². The van der Waals surface area contributed by atoms with Crippen LogP contribution >= 0.6 is 0 Å². The molecular formula is C21H16N4O2. The zero-order chi connectivity index (χ0) is 18.8. The number of nitrogens with one attached hydrogen (secondary N) is 2. The van der Waals surface area contributed by atoms with Crippen LogP contribution in [0.2, 0.25) is 0 Å². The molecule has 0 radical (unpaired) electrons. The molecule has 27 heavy (non-hydrogen) atoms. The van der Waals surface area contributed by atoms with E-state index in [2.05, 4.69) is 20.6 Å². The van der Waals surface area contributed by atoms with Crippen LogP contribution in [0, 0.1) is 0 Å². The van der Waals surface area contributed by atoms with Crippen molar-refractivity contribution >= 4 is 22.9 Å². The average molecular weight is 356 g/mol. The van der Waals surface area contributed by atoms with E-state index in [9.17, 15) is 9.59 Å². The Morgan fingerprint density at radius 3 is 2.11 bits per heavy atom. The summed E-state index contributed by atoms with van der Waals surface area (Å²) in [5.41, 5.74) is 4.49. The Balaban J connectivity index is 1.55. The summed E-state index contributed by atoms with van der Waals surface area (Å²) in [4.78, 5) is 32.4. The second-order valence-electron chi connectivity index (χ2n) is 6.07. The highest BCUT2D eigenvalue weighted by Crippen LogP contribution is 2.25. The number of nitrogens with zero attached hydrogens (tertiary/aromatic N) is 2. The third kappa shape index (κ3) is 3.20. The number of allylic oxidation sites excluding steroid dienone is 2. The Morgan fingerprint density at radius 1 is 0.852 bits per heavy atom. The van der Waals surface area contributed by atoms with Crippen LogP contribution in [0.1, 0.15) is 20.8 Å². The monoisotopic (exact) mass is 356 g/mol. The third-order valence-electron chi connectivity index (χ3n) is 4.38. The number of carbonyl (C=O) groups excluding carboxylic acids is 2. The molecule has 132 valence electrons. The fraction of sp³-hybridized carbons (Fsp3) is 0.0476. The molecule has 0 bridgehead atoms. The number of anilines is 2. The van der Waals surface area contributed by atoms with Gasteiger partial charge in [-0.2, -0.15) is 0 Å². The first-order valence-corrected chi connectivity index (χ1v) is 8.42. The molecule has 2 N–H and O–H groups in total. The topological polar surface area (TPSA) is 84.0 Å². The smallest absolute Gasteiger partial charge is 0.213 e. The lowest BCUT2D eigenvalue weighted by atomic mass is 9.98. The van der Waals surface area contributed by atoms with Gasteiger partial charge in [-0.25, -0.2) is 9.97 Å². The van der Waals surface area contributed by atoms with Crippen molar-refractivity contribution in [2.75, 3.05) is 17.7 Å². The molecule has 1 heterocycles. The van der Waals surface area contributed by atoms with E-state index in [4.69, 9.17) is 0 Å². The summed E-state index contributed by atoms with van der Waals surface area (Å²) in [6, 6.07) is 15.8. The Kier molecular flexibility index (Phi) is 4.22. The van der Waals surface area contributed by atoms with Crippen molar-refractivity contribution in [2.45, 2.75) is 0 Å². The van der Waals surface area contributed by atoms with Gasteiger partial charge in [0.2, 0.25) is 11.6 Å². The van der Waals surface area contributed by atoms with Gasteiger partial charge in [0.1, 0.15) is 12.0 Å². The van der Waals surface area contributed by atoms with Crippen LogP contribution in [0.4, 0.5) is 11.4 Å². The van der Waals surface area contributed by atoms with Gasteiger partial charge >= 0.3 is 0 Å². The molecule has 0 spiro atoms. The van der Waals surface area contributed by atoms with Crippen molar-refractivity contribution in [1.29, 1.82) is 0 Å². The minimum atomic E-state index is -0.309. The molecule has 0 atom stereocenters. The maximum absolute atomic E-state index is 12.5. The van der Waals surface area contributed by atoms with E-state index in [1.165, 1.54) is 18.6 Å². The first-order chi connectivity index (χ1) is 13.2. The lowest BCUT2D eigenvalue weighted by Crippen LogP contribution is -2.22. The van der Waals surface area contributed by atoms with Crippen LogP contribution in [-0.2, 0) is 0 Å². The van der Waals surface area contributed by atoms with Gasteiger partial charge in [0, 0.05) is 30.7 Å². The summed E-state index contributed by atoms with van der Waals surface area (Å²) in [5, 5.41) is 6.11. The van der Waals surface area contributed by atoms with Gasteiger partial charge in [0.05, 0.1) is 11.3 Å². The van der Waals surface area contributed by atoms with Crippen molar-refractivity contribution in [3.8, 4) is 11.1 Å². The quantitative estimate of drug-likeness (QED) is 0.744. The first kappa shape index (κ1) is 16.7. The first-order valence-electron chi connectivity index (χ1n) is 8.42. The minimum Gasteiger partial charge on any atom is -0.388 e. The summed E-state index contributed by atoms with van der Waals surface area (Å²) in [6.07, 6.45) is 3.91. The summed E-state index contributed by atoms with van der Waals surface area (Å²) < 4.78 is 0. The molecule has 0 unspecified atom stereocenters. The van der Waals surface area contributed by atoms with Crippen LogP contribution in [-0.4, -0.2) is 28.6 Å². The fourth-order valence-corrected chi connectivity index (χ4v) is 2.93. The zero-order valence-corrected chi connectivity index (χ0v) is 14.6. The van der Waals surface area contributed by atoms with E-state index in [1.54, 1.807) is 0 Å². The molecule has 4 rings (SSSR count). The van der Waals surface area contributed by atoms with Crippen LogP contribution in [0.5, 0.6) is 0 Å². The molecule has 2 aromatic carbocycles. The molecule has 0 amide bonds. The van der Waals surface area contributed by atoms with Crippen LogP contribution in [0.25, 0.3) is 11.1 Å². The molecule has 6 heteroatoms. The molecule has 1 aromatic heterocycles. The molecule has 3 aromatic rings. The number of Topliss-reactive ketones (excluding diaryl/α,β-unsaturated/α-hetero) is 1. The van der Waals surface area contributed by atoms with Crippen molar-refractivity contribution in [3.05, 3.63) is 84.1 Å². The van der Waals surface area contributed by atoms with E-state index in [-0.39, 0.29) is 28.5 Å². The number of hydrogen-bond donors (Lipinski definition) is 2. The summed E-state index contributed by atoms with van der Waals surface area (Å²) >= 11 is 0. The lowest BCUT2D eigenvalue weighted by molar-refractivity contribution is 0.0981. The van der Waals surface area contributed by atoms with Gasteiger partial charge in [-0.15, -0.1) is 0 Å². The largest absolute Gasteiger partial charge is 0.388 e. The second-order valence-corrected chi connectivity index (χ2v) is 6.07. The Hall–Kier alpha value is -3.80. The third-order valence-corrected chi connectivity index (χ3v) is 4.38. The number of benzene rings is 2. The van der Waals surface area contributed by atoms with Gasteiger partial charge in [-0.05, 0) is 35.4 Å². The highest BCUT2D eigenvalue weighted by atomic mass is 16.1. The van der Waals surface area contributed by atoms with Gasteiger partial charge in [0.15, 0.2) is 0 Å². The fourth-order valence-electron chi connectivity index (χ4n) is 2.93. The SMILES string of the molecule is CNc1ccc(-c2ccc(NC3=CC(=O)c4ncncc4C3=O)cc2)cc1. The molecule has 1 aliphatic carbocycles. The maximum Gasteiger partial charge on any atom is 0.213 e. The van der Waals surface area contributed by atoms with Gasteiger partial charge in [-0.1, -0.05) is 24.3 Å². The predicted molar refractivity (Wildman–Crippen MR) is 104 cm³/mol. The van der Waals surface area contributed by atoms with E-state index < -0.39 is 0 Å². The number of ketones is 2. The van der Waals surface area contributed by atoms with Crippen molar-refractivity contribution in [2.24, 2.45) is 0 Å². The second kappa shape index (κ2) is 6.84. The summed E-state index contributed by atoms with van der Waals surface area (Å²) in [7, 11) is 1.88. The van der Waals surface area contributed by atoms with Crippen LogP contribution < -0.4 is 10.6 Å². The normalized spacial score (nSPS) is 13.0. The average Bonchev–Trinajstić information content (AvgIpc) is 2.72. The number of rotatable bonds is 4. The number of carbonyl (C=O) groups is 2. The molecule has 0 saturated carbocycles. The molecule has 1 aliphatic rings. The van der Waals surface area contributed by atoms with Crippen LogP contribution in [0.15, 0.2) is 72.8 Å². The Morgan fingerprint density at radius 2 is 1.48 bits per heavy atom. The van der Waals surface area contributed by atoms with E-state index in [0.717, 1.165) is 22.5 Å². The van der Waals surface area contributed by atoms with Gasteiger partial charge < -0.3 is 10.6 Å². The number of fused-ring (bicyclic) bond motifs is 1. The molecule has 6 nitrogen and oxygen atoms in total. The van der Waals surface area contributed by atoms with Crippen molar-refractivity contribution < 1.29 is 9.59 Å². The van der Waals surface area contributed by atoms with Crippen molar-refractivity contribution in [1.82, 2.24) is 9.97 Å². The molecule has 0 fully saturated rings. The molecular weight excluding hydrogens is 340 g/mol. The summed E-state index contributed by atoms with van der Waals surface area (Å²) in [6.45, 7) is 0. The highest BCUT2D eigenvalue weighted by molar-refractivity contribution is 6.24. The van der Waals surface area contributed by atoms with Crippen molar-refractivity contribution in [3.63, 3.8) is 0 Å². The van der Waals surface area contributed by atoms with Gasteiger partial charge in [0.25, 0.3) is 0 Å². The summed E-state index contributed by atoms with van der Waals surface area (Å²) in [5.74, 6) is -0.604.